The van der Waals surface area contributed by atoms with E-state index in [0.717, 1.165) is 23.2 Å². The Morgan fingerprint density at radius 3 is 2.00 bits per heavy atom. The molecule has 1 aliphatic rings. The largest absolute Gasteiger partial charge is 0.416 e. The molecule has 0 spiro atoms. The molecular formula is C30H32BF6N4O. The summed E-state index contributed by atoms with van der Waals surface area (Å²) in [5.41, 5.74) is -1.17. The van der Waals surface area contributed by atoms with Crippen molar-refractivity contribution in [1.29, 1.82) is 0 Å². The Bertz CT molecular complexity index is 1320. The fourth-order valence-corrected chi connectivity index (χ4v) is 5.75. The summed E-state index contributed by atoms with van der Waals surface area (Å²) >= 11 is 0. The number of hydrogen-bond acceptors (Lipinski definition) is 4. The van der Waals surface area contributed by atoms with Crippen molar-refractivity contribution in [2.45, 2.75) is 83.4 Å². The van der Waals surface area contributed by atoms with Gasteiger partial charge in [0, 0.05) is 44.0 Å². The standard InChI is InChI=1S/C30H32BF6N4O/c1-4-25-14-26(15-27(41(25)19(2)42)12-20-8-6-5-7-9-20)40(28-38-16-24(31-3)17-39-28)18-21-10-22(29(32,33)34)13-23(11-21)30(35,36)37/h5-11,13,16-17,25-27H,4,12,14-15,18H2,1-3H3/t25-,26+,27+/m1/s1. The third kappa shape index (κ3) is 7.44. The fourth-order valence-electron chi connectivity index (χ4n) is 5.75. The number of carbonyl (C=O) groups is 1. The zero-order chi connectivity index (χ0) is 30.7. The lowest BCUT2D eigenvalue weighted by Gasteiger charge is -2.48. The van der Waals surface area contributed by atoms with Gasteiger partial charge in [0.1, 0.15) is 0 Å². The number of halogens is 6. The minimum atomic E-state index is -4.96. The number of amides is 1. The van der Waals surface area contributed by atoms with Crippen molar-refractivity contribution in [3.63, 3.8) is 0 Å². The van der Waals surface area contributed by atoms with Gasteiger partial charge < -0.3 is 9.80 Å². The molecule has 1 radical (unpaired) electrons. The minimum Gasteiger partial charge on any atom is -0.336 e. The first-order valence-corrected chi connectivity index (χ1v) is 13.8. The molecule has 12 heteroatoms. The smallest absolute Gasteiger partial charge is 0.336 e. The van der Waals surface area contributed by atoms with E-state index in [9.17, 15) is 31.1 Å². The van der Waals surface area contributed by atoms with E-state index in [0.29, 0.717) is 25.7 Å². The molecule has 1 amide bonds. The zero-order valence-electron chi connectivity index (χ0n) is 23.6. The average Bonchev–Trinajstić information content (AvgIpc) is 2.95. The van der Waals surface area contributed by atoms with Crippen LogP contribution in [0.15, 0.2) is 60.9 Å². The quantitative estimate of drug-likeness (QED) is 0.229. The van der Waals surface area contributed by atoms with Gasteiger partial charge in [0.2, 0.25) is 11.9 Å². The van der Waals surface area contributed by atoms with Crippen LogP contribution in [-0.2, 0) is 30.1 Å². The molecule has 0 aliphatic carbocycles. The number of benzene rings is 2. The molecule has 1 aromatic heterocycles. The van der Waals surface area contributed by atoms with Crippen molar-refractivity contribution in [2.75, 3.05) is 4.90 Å². The number of likely N-dealkylation sites (tertiary alicyclic amines) is 1. The summed E-state index contributed by atoms with van der Waals surface area (Å²) in [6.07, 6.45) is -4.74. The van der Waals surface area contributed by atoms with Crippen molar-refractivity contribution >= 4 is 24.6 Å². The Kier molecular flexibility index (Phi) is 9.52. The van der Waals surface area contributed by atoms with Gasteiger partial charge in [-0.2, -0.15) is 26.3 Å². The lowest BCUT2D eigenvalue weighted by Crippen LogP contribution is -2.57. The molecule has 1 fully saturated rings. The lowest BCUT2D eigenvalue weighted by molar-refractivity contribution is -0.143. The van der Waals surface area contributed by atoms with Crippen LogP contribution in [0.4, 0.5) is 32.3 Å². The van der Waals surface area contributed by atoms with Crippen LogP contribution < -0.4 is 10.4 Å². The number of nitrogens with zero attached hydrogens (tertiary/aromatic N) is 4. The number of alkyl halides is 6. The highest BCUT2D eigenvalue weighted by Gasteiger charge is 2.41. The maximum Gasteiger partial charge on any atom is 0.416 e. The fraction of sp³-hybridized carbons (Fsp3) is 0.433. The zero-order valence-corrected chi connectivity index (χ0v) is 23.6. The van der Waals surface area contributed by atoms with E-state index in [4.69, 9.17) is 0 Å². The number of hydrogen-bond donors (Lipinski definition) is 0. The first-order valence-electron chi connectivity index (χ1n) is 13.8. The van der Waals surface area contributed by atoms with Crippen LogP contribution in [-0.4, -0.2) is 46.2 Å². The van der Waals surface area contributed by atoms with Crippen LogP contribution in [0.25, 0.3) is 0 Å². The van der Waals surface area contributed by atoms with Crippen molar-refractivity contribution < 1.29 is 31.1 Å². The van der Waals surface area contributed by atoms with E-state index in [1.54, 1.807) is 31.4 Å². The van der Waals surface area contributed by atoms with Gasteiger partial charge in [0.25, 0.3) is 0 Å². The van der Waals surface area contributed by atoms with Gasteiger partial charge in [0.15, 0.2) is 7.28 Å². The van der Waals surface area contributed by atoms with Crippen LogP contribution in [0, 0.1) is 0 Å². The Hall–Kier alpha value is -3.57. The molecule has 3 aromatic rings. The first-order chi connectivity index (χ1) is 19.8. The predicted octanol–water partition coefficient (Wildman–Crippen LogP) is 6.30. The van der Waals surface area contributed by atoms with Gasteiger partial charge in [-0.15, -0.1) is 0 Å². The minimum absolute atomic E-state index is 0.0837. The number of piperidine rings is 1. The topological polar surface area (TPSA) is 49.3 Å². The van der Waals surface area contributed by atoms with Crippen molar-refractivity contribution in [3.05, 3.63) is 83.2 Å². The summed E-state index contributed by atoms with van der Waals surface area (Å²) in [7, 11) is 1.78. The van der Waals surface area contributed by atoms with Gasteiger partial charge >= 0.3 is 12.4 Å². The SMILES string of the molecule is C[B]c1cnc(N(Cc2cc(C(F)(F)F)cc(C(F)(F)F)c2)[C@H]2C[C@@H](CC)N(C(C)=O)[C@@H](Cc3ccccc3)C2)nc1. The molecule has 0 N–H and O–H groups in total. The molecule has 223 valence electrons. The van der Waals surface area contributed by atoms with Gasteiger partial charge in [-0.3, -0.25) is 4.79 Å². The molecule has 2 heterocycles. The molecular weight excluding hydrogens is 557 g/mol. The number of anilines is 1. The molecule has 0 saturated carbocycles. The van der Waals surface area contributed by atoms with Gasteiger partial charge in [-0.05, 0) is 55.0 Å². The predicted molar refractivity (Wildman–Crippen MR) is 149 cm³/mol. The van der Waals surface area contributed by atoms with Crippen molar-refractivity contribution in [1.82, 2.24) is 14.9 Å². The summed E-state index contributed by atoms with van der Waals surface area (Å²) in [5, 5.41) is 0. The molecule has 5 nitrogen and oxygen atoms in total. The van der Waals surface area contributed by atoms with Gasteiger partial charge in [-0.1, -0.05) is 49.5 Å². The van der Waals surface area contributed by atoms with E-state index in [-0.39, 0.29) is 48.2 Å². The summed E-state index contributed by atoms with van der Waals surface area (Å²) in [6.45, 7) is 5.00. The normalized spacial score (nSPS) is 19.5. The van der Waals surface area contributed by atoms with Crippen molar-refractivity contribution in [2.24, 2.45) is 0 Å². The number of carbonyl (C=O) groups excluding carboxylic acids is 1. The molecule has 0 unspecified atom stereocenters. The van der Waals surface area contributed by atoms with Crippen molar-refractivity contribution in [3.8, 4) is 0 Å². The molecule has 2 aromatic carbocycles. The summed E-state index contributed by atoms with van der Waals surface area (Å²) in [6, 6.07) is 10.5. The average molecular weight is 589 g/mol. The Balaban J connectivity index is 1.78. The molecule has 1 saturated heterocycles. The van der Waals surface area contributed by atoms with Crippen LogP contribution in [0.2, 0.25) is 6.82 Å². The highest BCUT2D eigenvalue weighted by molar-refractivity contribution is 6.51. The van der Waals surface area contributed by atoms with Crippen LogP contribution >= 0.6 is 0 Å². The van der Waals surface area contributed by atoms with E-state index < -0.39 is 23.5 Å². The highest BCUT2D eigenvalue weighted by Crippen LogP contribution is 2.38. The van der Waals surface area contributed by atoms with Crippen LogP contribution in [0.1, 0.15) is 55.4 Å². The monoisotopic (exact) mass is 589 g/mol. The highest BCUT2D eigenvalue weighted by atomic mass is 19.4. The molecule has 0 bridgehead atoms. The Morgan fingerprint density at radius 2 is 1.50 bits per heavy atom. The molecule has 3 atom stereocenters. The lowest BCUT2D eigenvalue weighted by atomic mass is 9.75. The van der Waals surface area contributed by atoms with Gasteiger partial charge in [-0.25, -0.2) is 9.97 Å². The van der Waals surface area contributed by atoms with Crippen LogP contribution in [0.3, 0.4) is 0 Å². The Labute approximate surface area is 242 Å². The number of aromatic nitrogens is 2. The van der Waals surface area contributed by atoms with E-state index in [2.05, 4.69) is 9.97 Å². The maximum atomic E-state index is 13.7. The van der Waals surface area contributed by atoms with E-state index in [1.165, 1.54) is 6.92 Å². The second-order valence-corrected chi connectivity index (χ2v) is 10.6. The van der Waals surface area contributed by atoms with Crippen LogP contribution in [0.5, 0.6) is 0 Å². The summed E-state index contributed by atoms with van der Waals surface area (Å²) in [4.78, 5) is 25.2. The Morgan fingerprint density at radius 1 is 0.929 bits per heavy atom. The second kappa shape index (κ2) is 12.7. The third-order valence-electron chi connectivity index (χ3n) is 7.71. The first kappa shape index (κ1) is 31.4. The van der Waals surface area contributed by atoms with E-state index in [1.807, 2.05) is 42.2 Å². The third-order valence-corrected chi connectivity index (χ3v) is 7.71. The van der Waals surface area contributed by atoms with Gasteiger partial charge in [0.05, 0.1) is 11.1 Å². The summed E-state index contributed by atoms with van der Waals surface area (Å²) in [5.74, 6) is 0.112. The second-order valence-electron chi connectivity index (χ2n) is 10.6. The molecule has 1 aliphatic heterocycles. The number of rotatable bonds is 8. The maximum absolute atomic E-state index is 13.7. The molecule has 4 rings (SSSR count). The molecule has 42 heavy (non-hydrogen) atoms. The summed E-state index contributed by atoms with van der Waals surface area (Å²) < 4.78 is 82.0. The van der Waals surface area contributed by atoms with E-state index >= 15 is 0 Å².